The maximum atomic E-state index is 9.10. The molecule has 4 aromatic rings. The number of benzene rings is 3. The van der Waals surface area contributed by atoms with Crippen molar-refractivity contribution in [3.63, 3.8) is 0 Å². The Morgan fingerprint density at radius 1 is 0.735 bits per heavy atom. The van der Waals surface area contributed by atoms with Gasteiger partial charge in [0.05, 0.1) is 17.7 Å². The first-order chi connectivity index (χ1) is 16.8. The van der Waals surface area contributed by atoms with Crippen LogP contribution in [0.5, 0.6) is 0 Å². The van der Waals surface area contributed by atoms with Crippen molar-refractivity contribution in [1.29, 1.82) is 5.26 Å². The number of unbranched alkanes of at least 4 members (excludes halogenated alkanes) is 1. The van der Waals surface area contributed by atoms with Gasteiger partial charge in [0.1, 0.15) is 0 Å². The molecule has 0 radical (unpaired) electrons. The van der Waals surface area contributed by atoms with Gasteiger partial charge in [0.2, 0.25) is 0 Å². The molecule has 0 atom stereocenters. The quantitative estimate of drug-likeness (QED) is 0.324. The molecular weight excluding hydrogens is 416 g/mol. The summed E-state index contributed by atoms with van der Waals surface area (Å²) in [6, 6.07) is 32.5. The molecule has 0 saturated carbocycles. The first kappa shape index (κ1) is 22.4. The van der Waals surface area contributed by atoms with Crippen molar-refractivity contribution in [2.75, 3.05) is 32.7 Å². The summed E-state index contributed by atoms with van der Waals surface area (Å²) in [5, 5.41) is 10.3. The third kappa shape index (κ3) is 5.07. The minimum absolute atomic E-state index is 0.327. The summed E-state index contributed by atoms with van der Waals surface area (Å²) in [6.07, 6.45) is 4.52. The van der Waals surface area contributed by atoms with E-state index >= 15 is 0 Å². The van der Waals surface area contributed by atoms with E-state index in [4.69, 9.17) is 5.26 Å². The zero-order valence-corrected chi connectivity index (χ0v) is 19.7. The molecule has 0 aliphatic carbocycles. The molecule has 3 aromatic carbocycles. The zero-order valence-electron chi connectivity index (χ0n) is 19.7. The van der Waals surface area contributed by atoms with E-state index in [1.54, 1.807) is 0 Å². The molecule has 0 spiro atoms. The van der Waals surface area contributed by atoms with Gasteiger partial charge in [0.15, 0.2) is 0 Å². The van der Waals surface area contributed by atoms with Gasteiger partial charge in [-0.25, -0.2) is 0 Å². The topological polar surface area (TPSA) is 35.2 Å². The van der Waals surface area contributed by atoms with Crippen molar-refractivity contribution in [2.24, 2.45) is 0 Å². The Kier molecular flexibility index (Phi) is 7.05. The van der Waals surface area contributed by atoms with E-state index in [2.05, 4.69) is 99.4 Å². The van der Waals surface area contributed by atoms with Gasteiger partial charge in [0.25, 0.3) is 0 Å². The van der Waals surface area contributed by atoms with Gasteiger partial charge in [-0.15, -0.1) is 0 Å². The monoisotopic (exact) mass is 448 g/mol. The van der Waals surface area contributed by atoms with Crippen LogP contribution in [-0.2, 0) is 6.54 Å². The van der Waals surface area contributed by atoms with Crippen molar-refractivity contribution in [2.45, 2.75) is 25.4 Å². The lowest BCUT2D eigenvalue weighted by molar-refractivity contribution is 0.108. The lowest BCUT2D eigenvalue weighted by Crippen LogP contribution is -2.48. The second-order valence-corrected chi connectivity index (χ2v) is 9.20. The Morgan fingerprint density at radius 2 is 1.38 bits per heavy atom. The first-order valence-electron chi connectivity index (χ1n) is 12.4. The van der Waals surface area contributed by atoms with Gasteiger partial charge in [-0.1, -0.05) is 60.7 Å². The number of aryl methyl sites for hydroxylation is 1. The number of hydrogen-bond acceptors (Lipinski definition) is 3. The second kappa shape index (κ2) is 10.7. The van der Waals surface area contributed by atoms with Crippen LogP contribution in [-0.4, -0.2) is 47.1 Å². The van der Waals surface area contributed by atoms with Crippen LogP contribution in [0.3, 0.4) is 0 Å². The van der Waals surface area contributed by atoms with Gasteiger partial charge in [0, 0.05) is 49.8 Å². The standard InChI is InChI=1S/C30H32N4/c31-24-25-13-14-29-28(23-25)15-18-33(29)17-8-7-16-32-19-21-34(22-20-32)30(26-9-3-1-4-10-26)27-11-5-2-6-12-27/h1-6,9-15,18,23,30H,7-8,16-17,19-22H2. The number of aromatic nitrogens is 1. The number of hydrogen-bond donors (Lipinski definition) is 0. The number of nitrogens with zero attached hydrogens (tertiary/aromatic N) is 4. The molecule has 34 heavy (non-hydrogen) atoms. The van der Waals surface area contributed by atoms with Crippen molar-refractivity contribution in [1.82, 2.24) is 14.4 Å². The molecule has 172 valence electrons. The molecule has 5 rings (SSSR count). The minimum atomic E-state index is 0.327. The lowest BCUT2D eigenvalue weighted by atomic mass is 9.96. The number of rotatable bonds is 8. The maximum absolute atomic E-state index is 9.10. The predicted octanol–water partition coefficient (Wildman–Crippen LogP) is 5.70. The molecule has 4 nitrogen and oxygen atoms in total. The van der Waals surface area contributed by atoms with Gasteiger partial charge in [-0.05, 0) is 54.8 Å². The van der Waals surface area contributed by atoms with Crippen LogP contribution in [0.15, 0.2) is 91.1 Å². The molecule has 0 unspecified atom stereocenters. The highest BCUT2D eigenvalue weighted by Gasteiger charge is 2.26. The van der Waals surface area contributed by atoms with E-state index in [9.17, 15) is 0 Å². The highest BCUT2D eigenvalue weighted by molar-refractivity contribution is 5.81. The number of fused-ring (bicyclic) bond motifs is 1. The molecule has 2 heterocycles. The fourth-order valence-electron chi connectivity index (χ4n) is 5.21. The summed E-state index contributed by atoms with van der Waals surface area (Å²) in [7, 11) is 0. The molecule has 1 aliphatic rings. The average Bonchev–Trinajstić information content (AvgIpc) is 3.31. The summed E-state index contributed by atoms with van der Waals surface area (Å²) >= 11 is 0. The van der Waals surface area contributed by atoms with Crippen molar-refractivity contribution < 1.29 is 0 Å². The minimum Gasteiger partial charge on any atom is -0.347 e. The van der Waals surface area contributed by atoms with E-state index in [0.717, 1.165) is 50.2 Å². The average molecular weight is 449 g/mol. The van der Waals surface area contributed by atoms with Crippen LogP contribution in [0.2, 0.25) is 0 Å². The van der Waals surface area contributed by atoms with Crippen molar-refractivity contribution >= 4 is 10.9 Å². The van der Waals surface area contributed by atoms with Crippen LogP contribution >= 0.6 is 0 Å². The second-order valence-electron chi connectivity index (χ2n) is 9.20. The summed E-state index contributed by atoms with van der Waals surface area (Å²) in [4.78, 5) is 5.26. The predicted molar refractivity (Wildman–Crippen MR) is 139 cm³/mol. The molecular formula is C30H32N4. The van der Waals surface area contributed by atoms with Gasteiger partial charge in [-0.3, -0.25) is 4.90 Å². The highest BCUT2D eigenvalue weighted by atomic mass is 15.3. The van der Waals surface area contributed by atoms with Crippen LogP contribution in [0.4, 0.5) is 0 Å². The third-order valence-electron chi connectivity index (χ3n) is 7.03. The molecule has 4 heteroatoms. The Bertz CT molecular complexity index is 1190. The van der Waals surface area contributed by atoms with Crippen molar-refractivity contribution in [3.05, 3.63) is 108 Å². The normalized spacial score (nSPS) is 15.1. The van der Waals surface area contributed by atoms with E-state index in [1.807, 2.05) is 12.1 Å². The fourth-order valence-corrected chi connectivity index (χ4v) is 5.21. The van der Waals surface area contributed by atoms with E-state index in [0.29, 0.717) is 6.04 Å². The fraction of sp³-hybridized carbons (Fsp3) is 0.300. The Morgan fingerprint density at radius 3 is 2.03 bits per heavy atom. The lowest BCUT2D eigenvalue weighted by Gasteiger charge is -2.40. The highest BCUT2D eigenvalue weighted by Crippen LogP contribution is 2.29. The summed E-state index contributed by atoms with van der Waals surface area (Å²) in [5.74, 6) is 0. The molecule has 0 bridgehead atoms. The molecule has 1 saturated heterocycles. The first-order valence-corrected chi connectivity index (χ1v) is 12.4. The van der Waals surface area contributed by atoms with Gasteiger partial charge >= 0.3 is 0 Å². The maximum Gasteiger partial charge on any atom is 0.0991 e. The summed E-state index contributed by atoms with van der Waals surface area (Å²) in [6.45, 7) is 6.63. The van der Waals surface area contributed by atoms with E-state index in [-0.39, 0.29) is 0 Å². The van der Waals surface area contributed by atoms with E-state index in [1.165, 1.54) is 29.5 Å². The van der Waals surface area contributed by atoms with E-state index < -0.39 is 0 Å². The third-order valence-corrected chi connectivity index (χ3v) is 7.03. The number of piperazine rings is 1. The largest absolute Gasteiger partial charge is 0.347 e. The SMILES string of the molecule is N#Cc1ccc2c(ccn2CCCCN2CCN(C(c3ccccc3)c3ccccc3)CC2)c1. The number of nitriles is 1. The smallest absolute Gasteiger partial charge is 0.0991 e. The molecule has 1 aromatic heterocycles. The van der Waals surface area contributed by atoms with Crippen LogP contribution in [0.1, 0.15) is 35.6 Å². The Labute approximate surface area is 202 Å². The van der Waals surface area contributed by atoms with Crippen LogP contribution < -0.4 is 0 Å². The van der Waals surface area contributed by atoms with Crippen molar-refractivity contribution in [3.8, 4) is 6.07 Å². The molecule has 1 fully saturated rings. The molecule has 0 N–H and O–H groups in total. The molecule has 0 amide bonds. The van der Waals surface area contributed by atoms with Crippen LogP contribution in [0.25, 0.3) is 10.9 Å². The zero-order chi connectivity index (χ0) is 23.2. The van der Waals surface area contributed by atoms with Crippen LogP contribution in [0, 0.1) is 11.3 Å². The Balaban J connectivity index is 1.13. The van der Waals surface area contributed by atoms with Gasteiger partial charge in [-0.2, -0.15) is 5.26 Å². The molecule has 1 aliphatic heterocycles. The summed E-state index contributed by atoms with van der Waals surface area (Å²) < 4.78 is 2.32. The van der Waals surface area contributed by atoms with Gasteiger partial charge < -0.3 is 9.47 Å². The Hall–Kier alpha value is -3.39. The summed E-state index contributed by atoms with van der Waals surface area (Å²) in [5.41, 5.74) is 4.71.